The summed E-state index contributed by atoms with van der Waals surface area (Å²) in [7, 11) is 1.82. The van der Waals surface area contributed by atoms with Gasteiger partial charge in [-0.05, 0) is 51.0 Å². The average molecular weight is 367 g/mol. The second kappa shape index (κ2) is 7.15. The molecule has 2 aliphatic rings. The quantitative estimate of drug-likeness (QED) is 0.900. The van der Waals surface area contributed by atoms with Gasteiger partial charge in [0.25, 0.3) is 0 Å². The Balaban J connectivity index is 1.71. The summed E-state index contributed by atoms with van der Waals surface area (Å²) in [5, 5.41) is 3.35. The van der Waals surface area contributed by atoms with Gasteiger partial charge in [-0.2, -0.15) is 0 Å². The summed E-state index contributed by atoms with van der Waals surface area (Å²) < 4.78 is 5.51. The van der Waals surface area contributed by atoms with E-state index in [9.17, 15) is 4.79 Å². The maximum absolute atomic E-state index is 12.8. The molecule has 0 aliphatic carbocycles. The van der Waals surface area contributed by atoms with E-state index in [4.69, 9.17) is 9.72 Å². The van der Waals surface area contributed by atoms with Crippen LogP contribution in [0.5, 0.6) is 0 Å². The number of pyridine rings is 2. The standard InChI is InChI=1S/C20H25N5O2/c1-13-12-15(6-9-21-13)22-18-5-4-17-19(23-18)25(14(2)20(26)24(17)3)16-7-10-27-11-8-16/h4-6,9,12,14,16H,7-8,10-11H2,1-3H3,(H,21,22,23)/t14-/m1/s1. The zero-order valence-electron chi connectivity index (χ0n) is 16.0. The summed E-state index contributed by atoms with van der Waals surface area (Å²) in [6.45, 7) is 5.37. The van der Waals surface area contributed by atoms with E-state index in [-0.39, 0.29) is 18.0 Å². The van der Waals surface area contributed by atoms with Crippen LogP contribution in [0.15, 0.2) is 30.5 Å². The summed E-state index contributed by atoms with van der Waals surface area (Å²) in [6, 6.07) is 7.80. The molecule has 0 spiro atoms. The van der Waals surface area contributed by atoms with Crippen LogP contribution in [-0.4, -0.2) is 48.2 Å². The van der Waals surface area contributed by atoms with E-state index < -0.39 is 0 Å². The first-order valence-electron chi connectivity index (χ1n) is 9.39. The Labute approximate surface area is 159 Å². The molecule has 1 atom stereocenters. The number of nitrogens with zero attached hydrogens (tertiary/aromatic N) is 4. The lowest BCUT2D eigenvalue weighted by Gasteiger charge is -2.44. The second-order valence-electron chi connectivity index (χ2n) is 7.17. The van der Waals surface area contributed by atoms with Crippen molar-refractivity contribution < 1.29 is 9.53 Å². The molecule has 0 bridgehead atoms. The minimum atomic E-state index is -0.239. The number of hydrogen-bond acceptors (Lipinski definition) is 6. The molecule has 0 aromatic carbocycles. The van der Waals surface area contributed by atoms with Gasteiger partial charge in [0, 0.05) is 43.9 Å². The number of hydrogen-bond donors (Lipinski definition) is 1. The fraction of sp³-hybridized carbons (Fsp3) is 0.450. The molecule has 7 heteroatoms. The number of fused-ring (bicyclic) bond motifs is 1. The van der Waals surface area contributed by atoms with Gasteiger partial charge in [0.1, 0.15) is 11.9 Å². The Kier molecular flexibility index (Phi) is 4.70. The summed E-state index contributed by atoms with van der Waals surface area (Å²) >= 11 is 0. The number of rotatable bonds is 3. The summed E-state index contributed by atoms with van der Waals surface area (Å²) in [5.41, 5.74) is 2.74. The Hall–Kier alpha value is -2.67. The highest BCUT2D eigenvalue weighted by atomic mass is 16.5. The molecule has 2 aliphatic heterocycles. The Bertz CT molecular complexity index is 850. The van der Waals surface area contributed by atoms with Crippen molar-refractivity contribution in [3.63, 3.8) is 0 Å². The molecule has 0 unspecified atom stereocenters. The van der Waals surface area contributed by atoms with Crippen LogP contribution >= 0.6 is 0 Å². The molecule has 1 N–H and O–H groups in total. The maximum Gasteiger partial charge on any atom is 0.249 e. The highest BCUT2D eigenvalue weighted by molar-refractivity contribution is 6.04. The first-order valence-corrected chi connectivity index (χ1v) is 9.39. The van der Waals surface area contributed by atoms with Crippen LogP contribution in [0.3, 0.4) is 0 Å². The van der Waals surface area contributed by atoms with E-state index in [1.54, 1.807) is 11.1 Å². The number of anilines is 4. The third-order valence-electron chi connectivity index (χ3n) is 5.32. The van der Waals surface area contributed by atoms with Gasteiger partial charge in [-0.15, -0.1) is 0 Å². The van der Waals surface area contributed by atoms with Crippen LogP contribution in [-0.2, 0) is 9.53 Å². The molecule has 7 nitrogen and oxygen atoms in total. The lowest BCUT2D eigenvalue weighted by molar-refractivity contribution is -0.119. The molecular weight excluding hydrogens is 342 g/mol. The molecule has 1 saturated heterocycles. The lowest BCUT2D eigenvalue weighted by Crippen LogP contribution is -2.56. The molecule has 0 saturated carbocycles. The van der Waals surface area contributed by atoms with Crippen molar-refractivity contribution in [2.45, 2.75) is 38.8 Å². The number of ether oxygens (including phenoxy) is 1. The van der Waals surface area contributed by atoms with Crippen LogP contribution in [0, 0.1) is 6.92 Å². The largest absolute Gasteiger partial charge is 0.381 e. The normalized spacial score (nSPS) is 20.6. The van der Waals surface area contributed by atoms with Gasteiger partial charge in [0.05, 0.1) is 5.69 Å². The predicted molar refractivity (Wildman–Crippen MR) is 106 cm³/mol. The SMILES string of the molecule is Cc1cc(Nc2ccc3c(n2)N(C2CCOCC2)[C@H](C)C(=O)N3C)ccn1. The van der Waals surface area contributed by atoms with E-state index in [1.807, 2.05) is 45.2 Å². The van der Waals surface area contributed by atoms with Gasteiger partial charge >= 0.3 is 0 Å². The van der Waals surface area contributed by atoms with Gasteiger partial charge in [-0.1, -0.05) is 0 Å². The van der Waals surface area contributed by atoms with E-state index >= 15 is 0 Å². The first kappa shape index (κ1) is 17.7. The van der Waals surface area contributed by atoms with Crippen molar-refractivity contribution in [3.05, 3.63) is 36.2 Å². The van der Waals surface area contributed by atoms with Crippen molar-refractivity contribution in [1.29, 1.82) is 0 Å². The average Bonchev–Trinajstić information content (AvgIpc) is 2.67. The Morgan fingerprint density at radius 2 is 2.00 bits per heavy atom. The fourth-order valence-electron chi connectivity index (χ4n) is 3.89. The number of aryl methyl sites for hydroxylation is 1. The van der Waals surface area contributed by atoms with Crippen LogP contribution in [0.2, 0.25) is 0 Å². The fourth-order valence-corrected chi connectivity index (χ4v) is 3.89. The minimum absolute atomic E-state index is 0.0984. The molecule has 142 valence electrons. The molecule has 2 aromatic heterocycles. The number of aromatic nitrogens is 2. The van der Waals surface area contributed by atoms with Crippen molar-refractivity contribution in [2.24, 2.45) is 0 Å². The third kappa shape index (κ3) is 3.35. The van der Waals surface area contributed by atoms with Gasteiger partial charge < -0.3 is 19.9 Å². The predicted octanol–water partition coefficient (Wildman–Crippen LogP) is 2.88. The lowest BCUT2D eigenvalue weighted by atomic mass is 10.0. The van der Waals surface area contributed by atoms with Crippen molar-refractivity contribution >= 4 is 28.9 Å². The van der Waals surface area contributed by atoms with Crippen LogP contribution in [0.4, 0.5) is 23.0 Å². The van der Waals surface area contributed by atoms with Gasteiger partial charge in [-0.3, -0.25) is 9.78 Å². The van der Waals surface area contributed by atoms with Crippen LogP contribution < -0.4 is 15.1 Å². The number of likely N-dealkylation sites (N-methyl/N-ethyl adjacent to an activating group) is 1. The zero-order valence-corrected chi connectivity index (χ0v) is 16.0. The monoisotopic (exact) mass is 367 g/mol. The molecule has 4 rings (SSSR count). The molecule has 1 amide bonds. The Morgan fingerprint density at radius 1 is 1.22 bits per heavy atom. The highest BCUT2D eigenvalue weighted by Gasteiger charge is 2.39. The van der Waals surface area contributed by atoms with Gasteiger partial charge in [-0.25, -0.2) is 4.98 Å². The maximum atomic E-state index is 12.8. The summed E-state index contributed by atoms with van der Waals surface area (Å²) in [6.07, 6.45) is 3.59. The number of nitrogens with one attached hydrogen (secondary N) is 1. The summed E-state index contributed by atoms with van der Waals surface area (Å²) in [4.78, 5) is 25.8. The Morgan fingerprint density at radius 3 is 2.74 bits per heavy atom. The first-order chi connectivity index (χ1) is 13.0. The zero-order chi connectivity index (χ0) is 19.0. The number of amides is 1. The smallest absolute Gasteiger partial charge is 0.249 e. The van der Waals surface area contributed by atoms with Crippen LogP contribution in [0.1, 0.15) is 25.5 Å². The molecule has 27 heavy (non-hydrogen) atoms. The molecule has 1 fully saturated rings. The molecule has 4 heterocycles. The topological polar surface area (TPSA) is 70.6 Å². The summed E-state index contributed by atoms with van der Waals surface area (Å²) in [5.74, 6) is 1.71. The molecular formula is C20H25N5O2. The second-order valence-corrected chi connectivity index (χ2v) is 7.17. The molecule has 0 radical (unpaired) electrons. The van der Waals surface area contributed by atoms with Crippen LogP contribution in [0.25, 0.3) is 0 Å². The third-order valence-corrected chi connectivity index (χ3v) is 5.32. The minimum Gasteiger partial charge on any atom is -0.381 e. The molecule has 2 aromatic rings. The van der Waals surface area contributed by atoms with E-state index in [1.165, 1.54) is 0 Å². The highest BCUT2D eigenvalue weighted by Crippen LogP contribution is 2.38. The number of carbonyl (C=O) groups is 1. The van der Waals surface area contributed by atoms with Gasteiger partial charge in [0.15, 0.2) is 5.82 Å². The van der Waals surface area contributed by atoms with E-state index in [0.717, 1.165) is 54.8 Å². The van der Waals surface area contributed by atoms with Crippen molar-refractivity contribution in [1.82, 2.24) is 9.97 Å². The van der Waals surface area contributed by atoms with E-state index in [2.05, 4.69) is 15.2 Å². The van der Waals surface area contributed by atoms with E-state index in [0.29, 0.717) is 0 Å². The van der Waals surface area contributed by atoms with Crippen molar-refractivity contribution in [3.8, 4) is 0 Å². The number of carbonyl (C=O) groups excluding carboxylic acids is 1. The van der Waals surface area contributed by atoms with Gasteiger partial charge in [0.2, 0.25) is 5.91 Å². The van der Waals surface area contributed by atoms with Crippen molar-refractivity contribution in [2.75, 3.05) is 35.4 Å².